The lowest BCUT2D eigenvalue weighted by molar-refractivity contribution is 0.767. The van der Waals surface area contributed by atoms with Crippen molar-refractivity contribution in [2.24, 2.45) is 0 Å². The number of benzene rings is 8. The molecule has 0 aliphatic carbocycles. The zero-order valence-corrected chi connectivity index (χ0v) is 31.8. The summed E-state index contributed by atoms with van der Waals surface area (Å²) < 4.78 is 2.44. The van der Waals surface area contributed by atoms with Gasteiger partial charge in [0.2, 0.25) is 0 Å². The maximum atomic E-state index is 3.87. The summed E-state index contributed by atoms with van der Waals surface area (Å²) in [6.07, 6.45) is 4.62. The Kier molecular flexibility index (Phi) is 8.22. The number of anilines is 3. The van der Waals surface area contributed by atoms with Gasteiger partial charge in [-0.15, -0.1) is 0 Å². The molecule has 1 atom stereocenters. The third kappa shape index (κ3) is 5.75. The van der Waals surface area contributed by atoms with Crippen LogP contribution in [0.25, 0.3) is 61.4 Å². The maximum Gasteiger partial charge on any atom is 0.0707 e. The second-order valence-corrected chi connectivity index (χ2v) is 15.0. The van der Waals surface area contributed by atoms with E-state index in [0.717, 1.165) is 45.1 Å². The molecule has 0 amide bonds. The fourth-order valence-electron chi connectivity index (χ4n) is 8.91. The molecule has 1 N–H and O–H groups in total. The topological polar surface area (TPSA) is 20.2 Å². The van der Waals surface area contributed by atoms with Crippen LogP contribution in [0.5, 0.6) is 0 Å². The van der Waals surface area contributed by atoms with E-state index in [9.17, 15) is 0 Å². The van der Waals surface area contributed by atoms with Crippen molar-refractivity contribution in [2.45, 2.75) is 6.04 Å². The van der Waals surface area contributed by atoms with Gasteiger partial charge in [-0.1, -0.05) is 164 Å². The highest BCUT2D eigenvalue weighted by Crippen LogP contribution is 2.54. The van der Waals surface area contributed by atoms with E-state index in [1.54, 1.807) is 0 Å². The van der Waals surface area contributed by atoms with Gasteiger partial charge in [0.25, 0.3) is 0 Å². The number of hydrogen-bond donors (Lipinski definition) is 1. The first-order valence-corrected chi connectivity index (χ1v) is 20.0. The molecule has 1 unspecified atom stereocenters. The normalized spacial score (nSPS) is 14.3. The van der Waals surface area contributed by atoms with Gasteiger partial charge in [-0.2, -0.15) is 0 Å². The summed E-state index contributed by atoms with van der Waals surface area (Å²) in [5.74, 6) is 0. The Hall–Kier alpha value is -7.62. The van der Waals surface area contributed by atoms with Crippen molar-refractivity contribution >= 4 is 39.2 Å². The first-order chi connectivity index (χ1) is 28.8. The molecule has 0 saturated carbocycles. The average molecular weight is 742 g/mol. The maximum absolute atomic E-state index is 3.87. The van der Waals surface area contributed by atoms with E-state index in [1.807, 2.05) is 0 Å². The molecule has 3 heterocycles. The van der Waals surface area contributed by atoms with E-state index >= 15 is 0 Å². The summed E-state index contributed by atoms with van der Waals surface area (Å²) in [4.78, 5) is 2.45. The highest BCUT2D eigenvalue weighted by Gasteiger charge is 2.31. The molecule has 58 heavy (non-hydrogen) atoms. The van der Waals surface area contributed by atoms with Gasteiger partial charge in [0.05, 0.1) is 28.6 Å². The number of nitrogens with zero attached hydrogens (tertiary/aromatic N) is 2. The van der Waals surface area contributed by atoms with Gasteiger partial charge in [-0.3, -0.25) is 0 Å². The lowest BCUT2D eigenvalue weighted by atomic mass is 9.92. The average Bonchev–Trinajstić information content (AvgIpc) is 3.59. The minimum Gasteiger partial charge on any atom is -0.374 e. The van der Waals surface area contributed by atoms with Crippen LogP contribution in [0, 0.1) is 0 Å². The first kappa shape index (κ1) is 33.7. The molecule has 0 spiro atoms. The van der Waals surface area contributed by atoms with Crippen LogP contribution in [0.1, 0.15) is 22.7 Å². The van der Waals surface area contributed by atoms with Gasteiger partial charge >= 0.3 is 0 Å². The van der Waals surface area contributed by atoms with Crippen molar-refractivity contribution < 1.29 is 0 Å². The van der Waals surface area contributed by atoms with Crippen LogP contribution in [0.15, 0.2) is 224 Å². The zero-order chi connectivity index (χ0) is 38.4. The van der Waals surface area contributed by atoms with Gasteiger partial charge < -0.3 is 14.8 Å². The third-order valence-electron chi connectivity index (χ3n) is 11.5. The molecule has 11 rings (SSSR count). The Labute approximate surface area is 339 Å². The van der Waals surface area contributed by atoms with Crippen molar-refractivity contribution in [3.8, 4) is 39.2 Å². The number of dihydropyridines is 1. The van der Waals surface area contributed by atoms with E-state index in [-0.39, 0.29) is 6.04 Å². The lowest BCUT2D eigenvalue weighted by Crippen LogP contribution is -2.21. The molecule has 0 fully saturated rings. The largest absolute Gasteiger partial charge is 0.374 e. The minimum atomic E-state index is 0.0478. The van der Waals surface area contributed by atoms with Gasteiger partial charge in [0.1, 0.15) is 0 Å². The molecule has 3 nitrogen and oxygen atoms in total. The number of rotatable bonds is 6. The minimum absolute atomic E-state index is 0.0478. The van der Waals surface area contributed by atoms with Gasteiger partial charge in [0.15, 0.2) is 0 Å². The lowest BCUT2D eigenvalue weighted by Gasteiger charge is -2.28. The van der Waals surface area contributed by atoms with Gasteiger partial charge in [-0.05, 0) is 94.1 Å². The predicted molar refractivity (Wildman–Crippen MR) is 243 cm³/mol. The van der Waals surface area contributed by atoms with E-state index < -0.39 is 0 Å². The molecule has 2 aliphatic heterocycles. The van der Waals surface area contributed by atoms with E-state index in [2.05, 4.69) is 239 Å². The summed E-state index contributed by atoms with van der Waals surface area (Å²) >= 11 is 0. The van der Waals surface area contributed by atoms with Crippen molar-refractivity contribution in [1.82, 2.24) is 9.88 Å². The highest BCUT2D eigenvalue weighted by atomic mass is 15.2. The van der Waals surface area contributed by atoms with Crippen LogP contribution in [0.3, 0.4) is 0 Å². The number of nitrogens with one attached hydrogen (secondary N) is 1. The number of hydrogen-bond acceptors (Lipinski definition) is 2. The third-order valence-corrected chi connectivity index (χ3v) is 11.5. The molecule has 0 saturated heterocycles. The van der Waals surface area contributed by atoms with Crippen molar-refractivity contribution in [3.63, 3.8) is 0 Å². The number of allylic oxidation sites excluding steroid dienone is 2. The summed E-state index contributed by atoms with van der Waals surface area (Å²) in [5, 5.41) is 5.10. The zero-order valence-electron chi connectivity index (χ0n) is 31.8. The van der Waals surface area contributed by atoms with Crippen LogP contribution in [0.4, 0.5) is 17.1 Å². The van der Waals surface area contributed by atoms with Gasteiger partial charge in [-0.25, -0.2) is 0 Å². The SMILES string of the molecule is C1=C(c2ccccc2)C=C(c2cccc(-c3cccc(N4c5ccccc5-c5c(n(-c6ccccc6)c6ccccc56)-c5ccccc54)c3)c2)NC1c1ccccc1. The summed E-state index contributed by atoms with van der Waals surface area (Å²) in [7, 11) is 0. The Morgan fingerprint density at radius 1 is 0.431 bits per heavy atom. The second-order valence-electron chi connectivity index (χ2n) is 15.0. The Morgan fingerprint density at radius 3 is 1.79 bits per heavy atom. The Balaban J connectivity index is 1.04. The first-order valence-electron chi connectivity index (χ1n) is 20.0. The quantitative estimate of drug-likeness (QED) is 0.183. The molecule has 0 radical (unpaired) electrons. The van der Waals surface area contributed by atoms with Crippen LogP contribution >= 0.6 is 0 Å². The number of fused-ring (bicyclic) bond motifs is 7. The van der Waals surface area contributed by atoms with Crippen LogP contribution in [0.2, 0.25) is 0 Å². The van der Waals surface area contributed by atoms with Crippen LogP contribution in [-0.2, 0) is 0 Å². The van der Waals surface area contributed by atoms with Crippen LogP contribution in [-0.4, -0.2) is 4.57 Å². The molecule has 2 aliphatic rings. The smallest absolute Gasteiger partial charge is 0.0707 e. The summed E-state index contributed by atoms with van der Waals surface area (Å²) in [6.45, 7) is 0. The molecule has 8 aromatic carbocycles. The fraction of sp³-hybridized carbons (Fsp3) is 0.0182. The van der Waals surface area contributed by atoms with Crippen molar-refractivity contribution in [3.05, 3.63) is 241 Å². The molecule has 274 valence electrons. The molecular weight excluding hydrogens is 703 g/mol. The molecule has 1 aromatic heterocycles. The highest BCUT2D eigenvalue weighted by molar-refractivity contribution is 6.13. The molecule has 9 aromatic rings. The molecular formula is C55H39N3. The molecule has 3 heteroatoms. The fourth-order valence-corrected chi connectivity index (χ4v) is 8.91. The Bertz CT molecular complexity index is 3030. The number of para-hydroxylation sites is 4. The van der Waals surface area contributed by atoms with Crippen molar-refractivity contribution in [1.29, 1.82) is 0 Å². The predicted octanol–water partition coefficient (Wildman–Crippen LogP) is 14.2. The van der Waals surface area contributed by atoms with Crippen LogP contribution < -0.4 is 10.2 Å². The van der Waals surface area contributed by atoms with E-state index in [0.29, 0.717) is 0 Å². The second kappa shape index (κ2) is 14.1. The summed E-state index contributed by atoms with van der Waals surface area (Å²) in [5.41, 5.74) is 18.8. The Morgan fingerprint density at radius 2 is 1.00 bits per heavy atom. The van der Waals surface area contributed by atoms with E-state index in [1.165, 1.54) is 50.0 Å². The summed E-state index contributed by atoms with van der Waals surface area (Å²) in [6, 6.07) is 76.7. The van der Waals surface area contributed by atoms with E-state index in [4.69, 9.17) is 0 Å². The monoisotopic (exact) mass is 741 g/mol. The molecule has 0 bridgehead atoms. The van der Waals surface area contributed by atoms with Gasteiger partial charge in [0, 0.05) is 39.1 Å². The van der Waals surface area contributed by atoms with Crippen molar-refractivity contribution in [2.75, 3.05) is 4.90 Å². The standard InChI is InChI=1S/C55H39N3/c1-4-18-38(19-5-1)43-36-49(39-20-6-2-7-21-39)56-50(37-43)42-24-16-22-40(34-42)41-23-17-27-45(35-41)57-51-31-13-10-28-46(51)54-47-29-11-14-32-52(47)58(44-25-8-3-9-26-44)55(54)48-30-12-15-33-53(48)57/h1-37,49,56H. The number of aromatic nitrogens is 1.